The van der Waals surface area contributed by atoms with Gasteiger partial charge < -0.3 is 19.9 Å². The molecule has 2 N–H and O–H groups in total. The Kier molecular flexibility index (Phi) is 5.83. The third-order valence-corrected chi connectivity index (χ3v) is 3.89. The normalized spacial score (nSPS) is 21.6. The molecule has 3 unspecified atom stereocenters. The summed E-state index contributed by atoms with van der Waals surface area (Å²) in [4.78, 5) is 0. The SMILES string of the molecule is CCC(NCC1CCCO1)C(O)c1cccc(OC)c1. The van der Waals surface area contributed by atoms with E-state index in [1.165, 1.54) is 0 Å². The molecule has 0 radical (unpaired) electrons. The van der Waals surface area contributed by atoms with E-state index >= 15 is 0 Å². The minimum atomic E-state index is -0.531. The lowest BCUT2D eigenvalue weighted by Gasteiger charge is -2.25. The Hall–Kier alpha value is -1.10. The van der Waals surface area contributed by atoms with Gasteiger partial charge >= 0.3 is 0 Å². The second-order valence-corrected chi connectivity index (χ2v) is 5.28. The molecule has 20 heavy (non-hydrogen) atoms. The number of nitrogens with one attached hydrogen (secondary N) is 1. The molecule has 1 heterocycles. The van der Waals surface area contributed by atoms with Crippen LogP contribution in [-0.4, -0.2) is 37.5 Å². The number of benzene rings is 1. The van der Waals surface area contributed by atoms with Crippen molar-refractivity contribution in [1.29, 1.82) is 0 Å². The Balaban J connectivity index is 1.94. The molecule has 112 valence electrons. The average molecular weight is 279 g/mol. The quantitative estimate of drug-likeness (QED) is 0.804. The third kappa shape index (κ3) is 3.95. The second kappa shape index (κ2) is 7.62. The Morgan fingerprint density at radius 2 is 2.35 bits per heavy atom. The Morgan fingerprint density at radius 3 is 3.00 bits per heavy atom. The summed E-state index contributed by atoms with van der Waals surface area (Å²) in [5.74, 6) is 0.774. The van der Waals surface area contributed by atoms with Gasteiger partial charge in [-0.05, 0) is 37.0 Å². The molecule has 1 aliphatic rings. The van der Waals surface area contributed by atoms with Crippen molar-refractivity contribution >= 4 is 0 Å². The number of methoxy groups -OCH3 is 1. The van der Waals surface area contributed by atoms with E-state index in [1.54, 1.807) is 7.11 Å². The molecule has 2 rings (SSSR count). The first-order valence-corrected chi connectivity index (χ1v) is 7.41. The molecule has 0 amide bonds. The van der Waals surface area contributed by atoms with Gasteiger partial charge in [-0.25, -0.2) is 0 Å². The van der Waals surface area contributed by atoms with E-state index in [4.69, 9.17) is 9.47 Å². The molecule has 1 aliphatic heterocycles. The fraction of sp³-hybridized carbons (Fsp3) is 0.625. The van der Waals surface area contributed by atoms with E-state index in [2.05, 4.69) is 12.2 Å². The van der Waals surface area contributed by atoms with Crippen molar-refractivity contribution in [2.24, 2.45) is 0 Å². The highest BCUT2D eigenvalue weighted by Gasteiger charge is 2.22. The van der Waals surface area contributed by atoms with Gasteiger partial charge in [-0.1, -0.05) is 19.1 Å². The lowest BCUT2D eigenvalue weighted by molar-refractivity contribution is 0.0865. The molecule has 0 saturated carbocycles. The zero-order valence-corrected chi connectivity index (χ0v) is 12.3. The maximum absolute atomic E-state index is 10.5. The Labute approximate surface area is 121 Å². The smallest absolute Gasteiger partial charge is 0.119 e. The maximum atomic E-state index is 10.5. The van der Waals surface area contributed by atoms with Gasteiger partial charge in [0.15, 0.2) is 0 Å². The van der Waals surface area contributed by atoms with Crippen molar-refractivity contribution in [2.45, 2.75) is 44.4 Å². The first-order valence-electron chi connectivity index (χ1n) is 7.41. The van der Waals surface area contributed by atoms with Crippen LogP contribution >= 0.6 is 0 Å². The number of hydrogen-bond acceptors (Lipinski definition) is 4. The summed E-state index contributed by atoms with van der Waals surface area (Å²) in [6, 6.07) is 7.65. The molecule has 0 aromatic heterocycles. The summed E-state index contributed by atoms with van der Waals surface area (Å²) in [6.45, 7) is 3.75. The van der Waals surface area contributed by atoms with Crippen molar-refractivity contribution in [3.8, 4) is 5.75 Å². The highest BCUT2D eigenvalue weighted by atomic mass is 16.5. The lowest BCUT2D eigenvalue weighted by Crippen LogP contribution is -2.39. The third-order valence-electron chi connectivity index (χ3n) is 3.89. The van der Waals surface area contributed by atoms with Gasteiger partial charge in [0.2, 0.25) is 0 Å². The van der Waals surface area contributed by atoms with E-state index in [9.17, 15) is 5.11 Å². The predicted octanol–water partition coefficient (Wildman–Crippen LogP) is 2.28. The molecular formula is C16H25NO3. The summed E-state index contributed by atoms with van der Waals surface area (Å²) in [5, 5.41) is 13.9. The van der Waals surface area contributed by atoms with Gasteiger partial charge in [-0.15, -0.1) is 0 Å². The minimum absolute atomic E-state index is 0.0336. The highest BCUT2D eigenvalue weighted by Crippen LogP contribution is 2.23. The van der Waals surface area contributed by atoms with Crippen molar-refractivity contribution in [2.75, 3.05) is 20.3 Å². The van der Waals surface area contributed by atoms with Crippen molar-refractivity contribution in [1.82, 2.24) is 5.32 Å². The first kappa shape index (κ1) is 15.3. The summed E-state index contributed by atoms with van der Waals surface area (Å²) >= 11 is 0. The van der Waals surface area contributed by atoms with Crippen LogP contribution in [0.5, 0.6) is 5.75 Å². The van der Waals surface area contributed by atoms with Gasteiger partial charge in [0.05, 0.1) is 19.3 Å². The van der Waals surface area contributed by atoms with Crippen LogP contribution in [0.15, 0.2) is 24.3 Å². The molecule has 1 fully saturated rings. The van der Waals surface area contributed by atoms with Crippen LogP contribution < -0.4 is 10.1 Å². The minimum Gasteiger partial charge on any atom is -0.497 e. The van der Waals surface area contributed by atoms with Crippen LogP contribution in [0.4, 0.5) is 0 Å². The largest absolute Gasteiger partial charge is 0.497 e. The van der Waals surface area contributed by atoms with Crippen LogP contribution in [0.25, 0.3) is 0 Å². The van der Waals surface area contributed by atoms with Crippen LogP contribution in [0.3, 0.4) is 0 Å². The monoisotopic (exact) mass is 279 g/mol. The van der Waals surface area contributed by atoms with Gasteiger partial charge in [0.1, 0.15) is 5.75 Å². The zero-order chi connectivity index (χ0) is 14.4. The molecule has 4 nitrogen and oxygen atoms in total. The van der Waals surface area contributed by atoms with Crippen molar-refractivity contribution < 1.29 is 14.6 Å². The van der Waals surface area contributed by atoms with Crippen molar-refractivity contribution in [3.05, 3.63) is 29.8 Å². The molecule has 4 heteroatoms. The van der Waals surface area contributed by atoms with Crippen LogP contribution in [0.1, 0.15) is 37.9 Å². The molecule has 1 saturated heterocycles. The zero-order valence-electron chi connectivity index (χ0n) is 12.3. The predicted molar refractivity (Wildman–Crippen MR) is 79.0 cm³/mol. The van der Waals surface area contributed by atoms with E-state index < -0.39 is 6.10 Å². The van der Waals surface area contributed by atoms with E-state index in [1.807, 2.05) is 24.3 Å². The molecule has 0 bridgehead atoms. The summed E-state index contributed by atoms with van der Waals surface area (Å²) < 4.78 is 10.8. The second-order valence-electron chi connectivity index (χ2n) is 5.28. The van der Waals surface area contributed by atoms with Crippen molar-refractivity contribution in [3.63, 3.8) is 0 Å². The van der Waals surface area contributed by atoms with Gasteiger partial charge in [0.25, 0.3) is 0 Å². The van der Waals surface area contributed by atoms with E-state index in [0.29, 0.717) is 6.10 Å². The lowest BCUT2D eigenvalue weighted by atomic mass is 10.00. The number of aliphatic hydroxyl groups excluding tert-OH is 1. The summed E-state index contributed by atoms with van der Waals surface area (Å²) in [5.41, 5.74) is 0.885. The summed E-state index contributed by atoms with van der Waals surface area (Å²) in [6.07, 6.45) is 2.88. The number of ether oxygens (including phenoxy) is 2. The number of hydrogen-bond donors (Lipinski definition) is 2. The fourth-order valence-electron chi connectivity index (χ4n) is 2.63. The Morgan fingerprint density at radius 1 is 1.50 bits per heavy atom. The van der Waals surface area contributed by atoms with Gasteiger partial charge in [-0.2, -0.15) is 0 Å². The highest BCUT2D eigenvalue weighted by molar-refractivity contribution is 5.30. The van der Waals surface area contributed by atoms with Crippen LogP contribution in [0.2, 0.25) is 0 Å². The van der Waals surface area contributed by atoms with E-state index in [-0.39, 0.29) is 6.04 Å². The Bertz CT molecular complexity index is 404. The molecule has 0 spiro atoms. The molecular weight excluding hydrogens is 254 g/mol. The summed E-state index contributed by atoms with van der Waals surface area (Å²) in [7, 11) is 1.64. The molecule has 3 atom stereocenters. The first-order chi connectivity index (χ1) is 9.74. The van der Waals surface area contributed by atoms with Gasteiger partial charge in [-0.3, -0.25) is 0 Å². The van der Waals surface area contributed by atoms with E-state index in [0.717, 1.165) is 43.7 Å². The van der Waals surface area contributed by atoms with Gasteiger partial charge in [0, 0.05) is 19.2 Å². The number of rotatable bonds is 7. The van der Waals surface area contributed by atoms with Crippen LogP contribution in [0, 0.1) is 0 Å². The average Bonchev–Trinajstić information content (AvgIpc) is 3.01. The maximum Gasteiger partial charge on any atom is 0.119 e. The standard InChI is InChI=1S/C16H25NO3/c1-3-15(17-11-14-8-5-9-20-14)16(18)12-6-4-7-13(10-12)19-2/h4,6-7,10,14-18H,3,5,8-9,11H2,1-2H3. The number of aliphatic hydroxyl groups is 1. The molecule has 1 aromatic carbocycles. The molecule has 1 aromatic rings. The topological polar surface area (TPSA) is 50.7 Å². The molecule has 0 aliphatic carbocycles. The fourth-order valence-corrected chi connectivity index (χ4v) is 2.63. The van der Waals surface area contributed by atoms with Crippen LogP contribution in [-0.2, 0) is 4.74 Å².